The van der Waals surface area contributed by atoms with Crippen LogP contribution in [0.5, 0.6) is 11.5 Å². The molecule has 1 N–H and O–H groups in total. The third-order valence-electron chi connectivity index (χ3n) is 3.07. The van der Waals surface area contributed by atoms with Crippen LogP contribution in [0.2, 0.25) is 0 Å². The quantitative estimate of drug-likeness (QED) is 0.822. The minimum absolute atomic E-state index is 0.0372. The van der Waals surface area contributed by atoms with Crippen LogP contribution in [0.15, 0.2) is 18.2 Å². The number of nitrogens with one attached hydrogen (secondary N) is 1. The Morgan fingerprint density at radius 1 is 1.21 bits per heavy atom. The van der Waals surface area contributed by atoms with Gasteiger partial charge in [-0.15, -0.1) is 0 Å². The summed E-state index contributed by atoms with van der Waals surface area (Å²) in [6.45, 7) is 9.19. The van der Waals surface area contributed by atoms with E-state index in [0.29, 0.717) is 18.1 Å². The molecule has 1 aromatic rings. The lowest BCUT2D eigenvalue weighted by Crippen LogP contribution is -2.35. The number of rotatable bonds is 7. The zero-order chi connectivity index (χ0) is 18.3. The fourth-order valence-corrected chi connectivity index (χ4v) is 2.17. The van der Waals surface area contributed by atoms with Gasteiger partial charge < -0.3 is 19.5 Å². The Morgan fingerprint density at radius 3 is 2.38 bits per heavy atom. The summed E-state index contributed by atoms with van der Waals surface area (Å²) in [4.78, 5) is 23.6. The van der Waals surface area contributed by atoms with Crippen LogP contribution < -0.4 is 14.8 Å². The molecule has 1 aromatic carbocycles. The second-order valence-corrected chi connectivity index (χ2v) is 6.45. The molecule has 0 radical (unpaired) electrons. The second kappa shape index (κ2) is 8.57. The van der Waals surface area contributed by atoms with Gasteiger partial charge in [0.1, 0.15) is 11.4 Å². The van der Waals surface area contributed by atoms with Crippen molar-refractivity contribution in [1.82, 2.24) is 5.32 Å². The number of carbonyl (C=O) groups excluding carboxylic acids is 2. The molecule has 1 amide bonds. The molecule has 6 nitrogen and oxygen atoms in total. The Balaban J connectivity index is 3.05. The van der Waals surface area contributed by atoms with Crippen molar-refractivity contribution in [2.75, 3.05) is 13.7 Å². The van der Waals surface area contributed by atoms with Gasteiger partial charge in [0.15, 0.2) is 11.5 Å². The topological polar surface area (TPSA) is 73.9 Å². The van der Waals surface area contributed by atoms with E-state index in [1.54, 1.807) is 46.1 Å². The number of alkyl carbamates (subject to hydrolysis) is 1. The fraction of sp³-hybridized carbons (Fsp3) is 0.556. The number of benzene rings is 1. The summed E-state index contributed by atoms with van der Waals surface area (Å²) >= 11 is 0. The summed E-state index contributed by atoms with van der Waals surface area (Å²) in [5.74, 6) is 1.13. The van der Waals surface area contributed by atoms with Crippen molar-refractivity contribution < 1.29 is 23.8 Å². The molecular formula is C18H27NO5. The maximum Gasteiger partial charge on any atom is 0.408 e. The maximum atomic E-state index is 12.1. The van der Waals surface area contributed by atoms with E-state index in [1.807, 2.05) is 6.92 Å². The molecule has 0 aliphatic rings. The Kier molecular flexibility index (Phi) is 7.07. The molecular weight excluding hydrogens is 310 g/mol. The first-order valence-electron chi connectivity index (χ1n) is 7.96. The zero-order valence-corrected chi connectivity index (χ0v) is 15.3. The van der Waals surface area contributed by atoms with Crippen LogP contribution in [0.3, 0.4) is 0 Å². The highest BCUT2D eigenvalue weighted by molar-refractivity contribution is 5.77. The number of hydrogen-bond donors (Lipinski definition) is 1. The van der Waals surface area contributed by atoms with Gasteiger partial charge >= 0.3 is 6.09 Å². The molecule has 0 spiro atoms. The summed E-state index contributed by atoms with van der Waals surface area (Å²) in [6, 6.07) is 4.83. The predicted molar refractivity (Wildman–Crippen MR) is 91.6 cm³/mol. The number of Topliss-reactive ketones (excluding diaryl/α,β-unsaturated/α-hetero) is 1. The molecule has 0 saturated heterocycles. The van der Waals surface area contributed by atoms with Crippen molar-refractivity contribution >= 4 is 11.9 Å². The molecule has 24 heavy (non-hydrogen) atoms. The van der Waals surface area contributed by atoms with Gasteiger partial charge in [0.05, 0.1) is 19.8 Å². The molecule has 1 rings (SSSR count). The summed E-state index contributed by atoms with van der Waals surface area (Å²) in [6.07, 6.45) is -0.403. The van der Waals surface area contributed by atoms with E-state index >= 15 is 0 Å². The van der Waals surface area contributed by atoms with Gasteiger partial charge in [-0.1, -0.05) is 6.07 Å². The predicted octanol–water partition coefficient (Wildman–Crippen LogP) is 3.64. The molecule has 0 fully saturated rings. The molecule has 134 valence electrons. The number of carbonyl (C=O) groups is 2. The number of ketones is 1. The number of amides is 1. The summed E-state index contributed by atoms with van der Waals surface area (Å²) in [5.41, 5.74) is 0.140. The average molecular weight is 337 g/mol. The number of ether oxygens (including phenoxy) is 3. The van der Waals surface area contributed by atoms with Crippen molar-refractivity contribution in [3.63, 3.8) is 0 Å². The molecule has 0 saturated carbocycles. The summed E-state index contributed by atoms with van der Waals surface area (Å²) in [7, 11) is 1.56. The van der Waals surface area contributed by atoms with E-state index in [1.165, 1.54) is 6.92 Å². The summed E-state index contributed by atoms with van der Waals surface area (Å²) in [5, 5.41) is 2.75. The van der Waals surface area contributed by atoms with Crippen molar-refractivity contribution in [1.29, 1.82) is 0 Å². The van der Waals surface area contributed by atoms with E-state index in [4.69, 9.17) is 14.2 Å². The van der Waals surface area contributed by atoms with Crippen LogP contribution in [0, 0.1) is 0 Å². The van der Waals surface area contributed by atoms with Gasteiger partial charge in [0.2, 0.25) is 0 Å². The van der Waals surface area contributed by atoms with Gasteiger partial charge in [0.25, 0.3) is 0 Å². The number of hydrogen-bond acceptors (Lipinski definition) is 5. The van der Waals surface area contributed by atoms with Gasteiger partial charge in [-0.05, 0) is 52.3 Å². The summed E-state index contributed by atoms with van der Waals surface area (Å²) < 4.78 is 16.1. The molecule has 0 bridgehead atoms. The zero-order valence-electron chi connectivity index (χ0n) is 15.3. The van der Waals surface area contributed by atoms with Crippen molar-refractivity contribution in [2.24, 2.45) is 0 Å². The third kappa shape index (κ3) is 6.48. The lowest BCUT2D eigenvalue weighted by Gasteiger charge is -2.24. The Hall–Kier alpha value is -2.24. The van der Waals surface area contributed by atoms with Crippen LogP contribution in [0.4, 0.5) is 4.79 Å². The normalized spacial score (nSPS) is 12.2. The highest BCUT2D eigenvalue weighted by atomic mass is 16.6. The number of methoxy groups -OCH3 is 1. The minimum atomic E-state index is -0.610. The highest BCUT2D eigenvalue weighted by Crippen LogP contribution is 2.31. The second-order valence-electron chi connectivity index (χ2n) is 6.45. The van der Waals surface area contributed by atoms with Crippen LogP contribution in [0.25, 0.3) is 0 Å². The van der Waals surface area contributed by atoms with Crippen LogP contribution >= 0.6 is 0 Å². The van der Waals surface area contributed by atoms with Gasteiger partial charge in [0, 0.05) is 6.42 Å². The third-order valence-corrected chi connectivity index (χ3v) is 3.07. The Morgan fingerprint density at radius 2 is 1.88 bits per heavy atom. The van der Waals surface area contributed by atoms with Crippen LogP contribution in [0.1, 0.15) is 52.6 Å². The highest BCUT2D eigenvalue weighted by Gasteiger charge is 2.22. The van der Waals surface area contributed by atoms with Crippen LogP contribution in [-0.4, -0.2) is 31.2 Å². The molecule has 6 heteroatoms. The average Bonchev–Trinajstić information content (AvgIpc) is 2.44. The lowest BCUT2D eigenvalue weighted by atomic mass is 10.0. The first-order chi connectivity index (χ1) is 11.2. The Labute approximate surface area is 143 Å². The SMILES string of the molecule is CCOc1cc(C(CC(C)=O)NC(=O)OC(C)(C)C)ccc1OC. The van der Waals surface area contributed by atoms with E-state index in [9.17, 15) is 9.59 Å². The van der Waals surface area contributed by atoms with Crippen LogP contribution in [-0.2, 0) is 9.53 Å². The van der Waals surface area contributed by atoms with E-state index in [-0.39, 0.29) is 12.2 Å². The molecule has 1 unspecified atom stereocenters. The molecule has 1 atom stereocenters. The molecule has 0 heterocycles. The van der Waals surface area contributed by atoms with Crippen molar-refractivity contribution in [2.45, 2.75) is 52.7 Å². The fourth-order valence-electron chi connectivity index (χ4n) is 2.17. The molecule has 0 aliphatic heterocycles. The van der Waals surface area contributed by atoms with Gasteiger partial charge in [-0.2, -0.15) is 0 Å². The smallest absolute Gasteiger partial charge is 0.408 e. The molecule has 0 aromatic heterocycles. The van der Waals surface area contributed by atoms with Gasteiger partial charge in [-0.3, -0.25) is 4.79 Å². The Bertz CT molecular complexity index is 577. The first kappa shape index (κ1) is 19.8. The van der Waals surface area contributed by atoms with Crippen molar-refractivity contribution in [3.8, 4) is 11.5 Å². The first-order valence-corrected chi connectivity index (χ1v) is 7.96. The van der Waals surface area contributed by atoms with E-state index < -0.39 is 17.7 Å². The van der Waals surface area contributed by atoms with E-state index in [0.717, 1.165) is 5.56 Å². The lowest BCUT2D eigenvalue weighted by molar-refractivity contribution is -0.117. The van der Waals surface area contributed by atoms with Crippen molar-refractivity contribution in [3.05, 3.63) is 23.8 Å². The monoisotopic (exact) mass is 337 g/mol. The minimum Gasteiger partial charge on any atom is -0.493 e. The standard InChI is InChI=1S/C18H27NO5/c1-7-23-16-11-13(8-9-15(16)22-6)14(10-12(2)20)19-17(21)24-18(3,4)5/h8-9,11,14H,7,10H2,1-6H3,(H,19,21). The largest absolute Gasteiger partial charge is 0.493 e. The maximum absolute atomic E-state index is 12.1. The molecule has 0 aliphatic carbocycles. The van der Waals surface area contributed by atoms with Gasteiger partial charge in [-0.25, -0.2) is 4.79 Å². The van der Waals surface area contributed by atoms with E-state index in [2.05, 4.69) is 5.32 Å².